The number of nitrogens with zero attached hydrogens (tertiary/aromatic N) is 2. The molecule has 9 heteroatoms. The van der Waals surface area contributed by atoms with E-state index in [1.165, 1.54) is 26.2 Å². The summed E-state index contributed by atoms with van der Waals surface area (Å²) in [5.74, 6) is -0.318. The van der Waals surface area contributed by atoms with Crippen molar-refractivity contribution in [2.45, 2.75) is 19.9 Å². The number of anilines is 1. The summed E-state index contributed by atoms with van der Waals surface area (Å²) in [6, 6.07) is 12.1. The molecule has 0 aliphatic heterocycles. The highest BCUT2D eigenvalue weighted by Crippen LogP contribution is 2.19. The standard InChI is InChI=1S/C20H26FN3O4S/c1-15-5-11-19(12-6-15)28-14-16(2)22-20(25)13-24(29(26,27)23(3)4)18-9-7-17(21)8-10-18/h5-12,16H,13-14H2,1-4H3,(H,22,25). The molecule has 2 aromatic rings. The number of carbonyl (C=O) groups is 1. The topological polar surface area (TPSA) is 79.0 Å². The first-order valence-corrected chi connectivity index (χ1v) is 10.4. The zero-order valence-corrected chi connectivity index (χ0v) is 17.7. The van der Waals surface area contributed by atoms with Crippen LogP contribution in [-0.2, 0) is 15.0 Å². The van der Waals surface area contributed by atoms with E-state index < -0.39 is 28.5 Å². The van der Waals surface area contributed by atoms with Gasteiger partial charge in [-0.3, -0.25) is 4.79 Å². The van der Waals surface area contributed by atoms with E-state index >= 15 is 0 Å². The molecule has 0 fully saturated rings. The Balaban J connectivity index is 2.03. The minimum Gasteiger partial charge on any atom is -0.491 e. The molecular weight excluding hydrogens is 397 g/mol. The largest absolute Gasteiger partial charge is 0.491 e. The molecule has 0 spiro atoms. The maximum Gasteiger partial charge on any atom is 0.304 e. The summed E-state index contributed by atoms with van der Waals surface area (Å²) >= 11 is 0. The lowest BCUT2D eigenvalue weighted by Crippen LogP contribution is -2.48. The fourth-order valence-electron chi connectivity index (χ4n) is 2.46. The Morgan fingerprint density at radius 2 is 1.69 bits per heavy atom. The van der Waals surface area contributed by atoms with Crippen molar-refractivity contribution in [2.24, 2.45) is 0 Å². The third kappa shape index (κ3) is 6.43. The van der Waals surface area contributed by atoms with Gasteiger partial charge in [-0.1, -0.05) is 17.7 Å². The molecule has 0 aliphatic rings. The van der Waals surface area contributed by atoms with Crippen LogP contribution in [0.4, 0.5) is 10.1 Å². The molecule has 2 rings (SSSR count). The van der Waals surface area contributed by atoms with E-state index in [1.54, 1.807) is 6.92 Å². The maximum atomic E-state index is 13.2. The predicted molar refractivity (Wildman–Crippen MR) is 111 cm³/mol. The van der Waals surface area contributed by atoms with Gasteiger partial charge < -0.3 is 10.1 Å². The zero-order chi connectivity index (χ0) is 21.6. The van der Waals surface area contributed by atoms with Gasteiger partial charge in [0.1, 0.15) is 24.7 Å². The lowest BCUT2D eigenvalue weighted by molar-refractivity contribution is -0.120. The van der Waals surface area contributed by atoms with Crippen LogP contribution in [0, 0.1) is 12.7 Å². The average Bonchev–Trinajstić information content (AvgIpc) is 2.66. The van der Waals surface area contributed by atoms with Crippen molar-refractivity contribution in [3.05, 3.63) is 59.9 Å². The fourth-order valence-corrected chi connectivity index (χ4v) is 3.52. The normalized spacial score (nSPS) is 12.5. The molecule has 1 atom stereocenters. The fraction of sp³-hybridized carbons (Fsp3) is 0.350. The zero-order valence-electron chi connectivity index (χ0n) is 16.9. The lowest BCUT2D eigenvalue weighted by atomic mass is 10.2. The van der Waals surface area contributed by atoms with Crippen LogP contribution in [0.5, 0.6) is 5.75 Å². The minimum absolute atomic E-state index is 0.193. The highest BCUT2D eigenvalue weighted by atomic mass is 32.2. The van der Waals surface area contributed by atoms with Gasteiger partial charge in [0.25, 0.3) is 0 Å². The third-order valence-corrected chi connectivity index (χ3v) is 5.89. The molecule has 29 heavy (non-hydrogen) atoms. The van der Waals surface area contributed by atoms with Crippen LogP contribution >= 0.6 is 0 Å². The Morgan fingerprint density at radius 3 is 2.24 bits per heavy atom. The smallest absolute Gasteiger partial charge is 0.304 e. The van der Waals surface area contributed by atoms with Crippen molar-refractivity contribution < 1.29 is 22.3 Å². The van der Waals surface area contributed by atoms with E-state index in [-0.39, 0.29) is 18.3 Å². The first kappa shape index (κ1) is 22.6. The van der Waals surface area contributed by atoms with Gasteiger partial charge in [0.2, 0.25) is 5.91 Å². The summed E-state index contributed by atoms with van der Waals surface area (Å²) in [4.78, 5) is 12.5. The van der Waals surface area contributed by atoms with Gasteiger partial charge in [-0.05, 0) is 50.2 Å². The molecule has 0 radical (unpaired) electrons. The second kappa shape index (κ2) is 9.71. The molecule has 0 saturated carbocycles. The van der Waals surface area contributed by atoms with Crippen LogP contribution in [0.25, 0.3) is 0 Å². The molecule has 1 unspecified atom stereocenters. The quantitative estimate of drug-likeness (QED) is 0.672. The summed E-state index contributed by atoms with van der Waals surface area (Å²) in [5.41, 5.74) is 1.31. The van der Waals surface area contributed by atoms with Gasteiger partial charge in [0.05, 0.1) is 11.7 Å². The number of aryl methyl sites for hydroxylation is 1. The Bertz CT molecular complexity index is 916. The lowest BCUT2D eigenvalue weighted by Gasteiger charge is -2.27. The van der Waals surface area contributed by atoms with Crippen molar-refractivity contribution in [2.75, 3.05) is 31.6 Å². The molecule has 158 valence electrons. The summed E-state index contributed by atoms with van der Waals surface area (Å²) in [6.07, 6.45) is 0. The summed E-state index contributed by atoms with van der Waals surface area (Å²) in [5, 5.41) is 2.72. The van der Waals surface area contributed by atoms with Crippen LogP contribution in [0.1, 0.15) is 12.5 Å². The number of benzene rings is 2. The first-order valence-electron chi connectivity index (χ1n) is 9.04. The van der Waals surface area contributed by atoms with E-state index in [9.17, 15) is 17.6 Å². The first-order chi connectivity index (χ1) is 13.6. The Labute approximate surface area is 171 Å². The number of hydrogen-bond acceptors (Lipinski definition) is 4. The minimum atomic E-state index is -3.94. The summed E-state index contributed by atoms with van der Waals surface area (Å²) < 4.78 is 46.0. The van der Waals surface area contributed by atoms with Gasteiger partial charge in [0.15, 0.2) is 0 Å². The third-order valence-electron chi connectivity index (χ3n) is 4.07. The van der Waals surface area contributed by atoms with Crippen LogP contribution < -0.4 is 14.4 Å². The number of halogens is 1. The van der Waals surface area contributed by atoms with Gasteiger partial charge in [0, 0.05) is 14.1 Å². The van der Waals surface area contributed by atoms with Crippen molar-refractivity contribution in [3.63, 3.8) is 0 Å². The van der Waals surface area contributed by atoms with Crippen LogP contribution in [0.2, 0.25) is 0 Å². The molecule has 0 aliphatic carbocycles. The second-order valence-corrected chi connectivity index (χ2v) is 8.93. The van der Waals surface area contributed by atoms with Crippen LogP contribution in [0.15, 0.2) is 48.5 Å². The molecule has 1 N–H and O–H groups in total. The van der Waals surface area contributed by atoms with Crippen LogP contribution in [-0.4, -0.2) is 51.9 Å². The van der Waals surface area contributed by atoms with Crippen molar-refractivity contribution in [1.82, 2.24) is 9.62 Å². The van der Waals surface area contributed by atoms with E-state index in [0.29, 0.717) is 5.75 Å². The Hall–Kier alpha value is -2.65. The molecule has 2 aromatic carbocycles. The van der Waals surface area contributed by atoms with Gasteiger partial charge in [-0.25, -0.2) is 8.70 Å². The Kier molecular flexibility index (Phi) is 7.58. The monoisotopic (exact) mass is 423 g/mol. The highest BCUT2D eigenvalue weighted by Gasteiger charge is 2.27. The van der Waals surface area contributed by atoms with Crippen molar-refractivity contribution in [3.8, 4) is 5.75 Å². The van der Waals surface area contributed by atoms with Crippen molar-refractivity contribution >= 4 is 21.8 Å². The molecule has 0 saturated heterocycles. The summed E-state index contributed by atoms with van der Waals surface area (Å²) in [6.45, 7) is 3.52. The number of ether oxygens (including phenoxy) is 1. The van der Waals surface area contributed by atoms with E-state index in [0.717, 1.165) is 26.3 Å². The second-order valence-electron chi connectivity index (χ2n) is 6.87. The number of carbonyl (C=O) groups excluding carboxylic acids is 1. The molecule has 7 nitrogen and oxygen atoms in total. The van der Waals surface area contributed by atoms with Gasteiger partial charge in [-0.15, -0.1) is 0 Å². The highest BCUT2D eigenvalue weighted by molar-refractivity contribution is 7.90. The average molecular weight is 424 g/mol. The number of amides is 1. The van der Waals surface area contributed by atoms with Gasteiger partial charge in [-0.2, -0.15) is 12.7 Å². The summed E-state index contributed by atoms with van der Waals surface area (Å²) in [7, 11) is -1.22. The van der Waals surface area contributed by atoms with Crippen LogP contribution in [0.3, 0.4) is 0 Å². The predicted octanol–water partition coefficient (Wildman–Crippen LogP) is 2.33. The molecular formula is C20H26FN3O4S. The van der Waals surface area contributed by atoms with Gasteiger partial charge >= 0.3 is 10.2 Å². The van der Waals surface area contributed by atoms with E-state index in [4.69, 9.17) is 4.74 Å². The van der Waals surface area contributed by atoms with E-state index in [2.05, 4.69) is 5.32 Å². The maximum absolute atomic E-state index is 13.2. The number of hydrogen-bond donors (Lipinski definition) is 1. The number of rotatable bonds is 9. The van der Waals surface area contributed by atoms with Crippen molar-refractivity contribution in [1.29, 1.82) is 0 Å². The Morgan fingerprint density at radius 1 is 1.10 bits per heavy atom. The van der Waals surface area contributed by atoms with E-state index in [1.807, 2.05) is 31.2 Å². The molecule has 1 amide bonds. The molecule has 0 bridgehead atoms. The number of nitrogens with one attached hydrogen (secondary N) is 1. The molecule has 0 aromatic heterocycles. The molecule has 0 heterocycles. The SMILES string of the molecule is Cc1ccc(OCC(C)NC(=O)CN(c2ccc(F)cc2)S(=O)(=O)N(C)C)cc1.